The summed E-state index contributed by atoms with van der Waals surface area (Å²) in [7, 11) is 1.71. The zero-order valence-electron chi connectivity index (χ0n) is 10.4. The second-order valence-electron chi connectivity index (χ2n) is 4.44. The van der Waals surface area contributed by atoms with Crippen molar-refractivity contribution in [1.82, 2.24) is 0 Å². The maximum atomic E-state index is 5.37. The molecule has 17 heavy (non-hydrogen) atoms. The SMILES string of the molecule is C=C(C)C1=CC(OC)=CC(c2ccccc2)C1. The van der Waals surface area contributed by atoms with Crippen molar-refractivity contribution in [1.29, 1.82) is 0 Å². The van der Waals surface area contributed by atoms with Gasteiger partial charge in [0.2, 0.25) is 0 Å². The molecule has 1 aromatic carbocycles. The fraction of sp³-hybridized carbons (Fsp3) is 0.250. The van der Waals surface area contributed by atoms with Crippen LogP contribution in [0.3, 0.4) is 0 Å². The standard InChI is InChI=1S/C16H18O/c1-12(2)14-9-15(11-16(10-14)17-3)13-7-5-4-6-8-13/h4-8,10-11,15H,1,9H2,2-3H3. The topological polar surface area (TPSA) is 9.23 Å². The summed E-state index contributed by atoms with van der Waals surface area (Å²) in [5.41, 5.74) is 3.72. The fourth-order valence-corrected chi connectivity index (χ4v) is 2.11. The van der Waals surface area contributed by atoms with Crippen molar-refractivity contribution in [2.45, 2.75) is 19.3 Å². The predicted octanol–water partition coefficient (Wildman–Crippen LogP) is 4.21. The molecule has 1 atom stereocenters. The Kier molecular flexibility index (Phi) is 3.48. The van der Waals surface area contributed by atoms with Gasteiger partial charge in [0.1, 0.15) is 5.76 Å². The van der Waals surface area contributed by atoms with E-state index in [1.54, 1.807) is 7.11 Å². The molecule has 0 N–H and O–H groups in total. The van der Waals surface area contributed by atoms with Crippen LogP contribution in [0.15, 0.2) is 66.0 Å². The Bertz CT molecular complexity index is 466. The summed E-state index contributed by atoms with van der Waals surface area (Å²) in [6.07, 6.45) is 5.27. The first-order valence-electron chi connectivity index (χ1n) is 5.88. The molecular formula is C16H18O. The van der Waals surface area contributed by atoms with E-state index in [0.717, 1.165) is 17.8 Å². The van der Waals surface area contributed by atoms with Gasteiger partial charge in [-0.1, -0.05) is 42.5 Å². The number of rotatable bonds is 3. The van der Waals surface area contributed by atoms with E-state index in [9.17, 15) is 0 Å². The van der Waals surface area contributed by atoms with Gasteiger partial charge in [-0.25, -0.2) is 0 Å². The highest BCUT2D eigenvalue weighted by Crippen LogP contribution is 2.33. The van der Waals surface area contributed by atoms with Crippen LogP contribution < -0.4 is 0 Å². The Morgan fingerprint density at radius 2 is 2.00 bits per heavy atom. The molecule has 0 radical (unpaired) electrons. The molecule has 1 aliphatic rings. The Morgan fingerprint density at radius 1 is 1.29 bits per heavy atom. The number of methoxy groups -OCH3 is 1. The lowest BCUT2D eigenvalue weighted by atomic mass is 9.85. The van der Waals surface area contributed by atoms with Gasteiger partial charge < -0.3 is 4.74 Å². The Labute approximate surface area is 103 Å². The summed E-state index contributed by atoms with van der Waals surface area (Å²) in [4.78, 5) is 0. The van der Waals surface area contributed by atoms with Crippen molar-refractivity contribution < 1.29 is 4.74 Å². The average molecular weight is 226 g/mol. The van der Waals surface area contributed by atoms with E-state index in [1.165, 1.54) is 11.1 Å². The van der Waals surface area contributed by atoms with Crippen molar-refractivity contribution in [3.8, 4) is 0 Å². The second kappa shape index (κ2) is 5.05. The zero-order chi connectivity index (χ0) is 12.3. The van der Waals surface area contributed by atoms with Gasteiger partial charge in [-0.2, -0.15) is 0 Å². The van der Waals surface area contributed by atoms with Crippen LogP contribution in [0.25, 0.3) is 0 Å². The van der Waals surface area contributed by atoms with Crippen molar-refractivity contribution in [3.05, 3.63) is 71.5 Å². The minimum atomic E-state index is 0.392. The lowest BCUT2D eigenvalue weighted by Gasteiger charge is -2.21. The third-order valence-electron chi connectivity index (χ3n) is 3.13. The highest BCUT2D eigenvalue weighted by molar-refractivity contribution is 5.41. The summed E-state index contributed by atoms with van der Waals surface area (Å²) in [6, 6.07) is 10.5. The average Bonchev–Trinajstić information content (AvgIpc) is 2.39. The molecule has 0 saturated carbocycles. The first-order chi connectivity index (χ1) is 8.20. The van der Waals surface area contributed by atoms with Crippen LogP contribution in [0.5, 0.6) is 0 Å². The minimum absolute atomic E-state index is 0.392. The van der Waals surface area contributed by atoms with Gasteiger partial charge in [-0.15, -0.1) is 0 Å². The molecule has 1 nitrogen and oxygen atoms in total. The molecule has 1 unspecified atom stereocenters. The maximum absolute atomic E-state index is 5.37. The quantitative estimate of drug-likeness (QED) is 0.750. The molecule has 2 rings (SSSR count). The lowest BCUT2D eigenvalue weighted by molar-refractivity contribution is 0.301. The van der Waals surface area contributed by atoms with Crippen molar-refractivity contribution in [3.63, 3.8) is 0 Å². The first-order valence-corrected chi connectivity index (χ1v) is 5.88. The number of benzene rings is 1. The second-order valence-corrected chi connectivity index (χ2v) is 4.44. The predicted molar refractivity (Wildman–Crippen MR) is 71.8 cm³/mol. The monoisotopic (exact) mass is 226 g/mol. The molecule has 0 heterocycles. The van der Waals surface area contributed by atoms with Crippen molar-refractivity contribution >= 4 is 0 Å². The smallest absolute Gasteiger partial charge is 0.115 e. The van der Waals surface area contributed by atoms with Crippen LogP contribution in [0.4, 0.5) is 0 Å². The lowest BCUT2D eigenvalue weighted by Crippen LogP contribution is -2.05. The largest absolute Gasteiger partial charge is 0.497 e. The molecule has 1 aliphatic carbocycles. The van der Waals surface area contributed by atoms with E-state index in [-0.39, 0.29) is 0 Å². The van der Waals surface area contributed by atoms with Crippen molar-refractivity contribution in [2.24, 2.45) is 0 Å². The molecule has 0 aromatic heterocycles. The summed E-state index contributed by atoms with van der Waals surface area (Å²) in [5.74, 6) is 1.32. The van der Waals surface area contributed by atoms with E-state index >= 15 is 0 Å². The Balaban J connectivity index is 2.31. The van der Waals surface area contributed by atoms with E-state index in [1.807, 2.05) is 13.0 Å². The van der Waals surface area contributed by atoms with Gasteiger partial charge in [0, 0.05) is 5.92 Å². The van der Waals surface area contributed by atoms with Crippen LogP contribution in [0, 0.1) is 0 Å². The molecule has 0 fully saturated rings. The first kappa shape index (κ1) is 11.7. The van der Waals surface area contributed by atoms with Gasteiger partial charge >= 0.3 is 0 Å². The molecule has 0 bridgehead atoms. The molecule has 0 aliphatic heterocycles. The van der Waals surface area contributed by atoms with Crippen LogP contribution in [0.1, 0.15) is 24.8 Å². The molecule has 1 aromatic rings. The van der Waals surface area contributed by atoms with E-state index < -0.39 is 0 Å². The summed E-state index contributed by atoms with van der Waals surface area (Å²) in [5, 5.41) is 0. The number of hydrogen-bond acceptors (Lipinski definition) is 1. The summed E-state index contributed by atoms with van der Waals surface area (Å²) >= 11 is 0. The molecule has 0 amide bonds. The van der Waals surface area contributed by atoms with Gasteiger partial charge in [0.05, 0.1) is 7.11 Å². The van der Waals surface area contributed by atoms with Gasteiger partial charge in [0.15, 0.2) is 0 Å². The number of ether oxygens (including phenoxy) is 1. The highest BCUT2D eigenvalue weighted by Gasteiger charge is 2.17. The van der Waals surface area contributed by atoms with Crippen LogP contribution in [-0.2, 0) is 4.74 Å². The minimum Gasteiger partial charge on any atom is -0.497 e. The van der Waals surface area contributed by atoms with E-state index in [2.05, 4.69) is 43.0 Å². The third-order valence-corrected chi connectivity index (χ3v) is 3.13. The molecule has 0 saturated heterocycles. The van der Waals surface area contributed by atoms with Gasteiger partial charge in [0.25, 0.3) is 0 Å². The molecule has 88 valence electrons. The molecule has 1 heteroatoms. The van der Waals surface area contributed by atoms with Crippen molar-refractivity contribution in [2.75, 3.05) is 7.11 Å². The van der Waals surface area contributed by atoms with Gasteiger partial charge in [-0.3, -0.25) is 0 Å². The fourth-order valence-electron chi connectivity index (χ4n) is 2.11. The molecule has 0 spiro atoms. The Morgan fingerprint density at radius 3 is 2.59 bits per heavy atom. The third kappa shape index (κ3) is 2.68. The van der Waals surface area contributed by atoms with E-state index in [0.29, 0.717) is 5.92 Å². The normalized spacial score (nSPS) is 19.3. The van der Waals surface area contributed by atoms with Crippen LogP contribution in [-0.4, -0.2) is 7.11 Å². The van der Waals surface area contributed by atoms with Crippen LogP contribution >= 0.6 is 0 Å². The zero-order valence-corrected chi connectivity index (χ0v) is 10.4. The van der Waals surface area contributed by atoms with Gasteiger partial charge in [-0.05, 0) is 36.6 Å². The molecular weight excluding hydrogens is 208 g/mol. The summed E-state index contributed by atoms with van der Waals surface area (Å²) < 4.78 is 5.37. The summed E-state index contributed by atoms with van der Waals surface area (Å²) in [6.45, 7) is 6.07. The highest BCUT2D eigenvalue weighted by atomic mass is 16.5. The number of allylic oxidation sites excluding steroid dienone is 4. The number of hydrogen-bond donors (Lipinski definition) is 0. The van der Waals surface area contributed by atoms with E-state index in [4.69, 9.17) is 4.74 Å². The Hall–Kier alpha value is -1.76. The maximum Gasteiger partial charge on any atom is 0.115 e. The van der Waals surface area contributed by atoms with Crippen LogP contribution in [0.2, 0.25) is 0 Å².